The van der Waals surface area contributed by atoms with Crippen LogP contribution in [0.3, 0.4) is 0 Å². The monoisotopic (exact) mass is 298 g/mol. The molecule has 0 spiro atoms. The van der Waals surface area contributed by atoms with E-state index in [0.717, 1.165) is 12.1 Å². The topological polar surface area (TPSA) is 71.5 Å². The summed E-state index contributed by atoms with van der Waals surface area (Å²) >= 11 is 0. The zero-order valence-electron chi connectivity index (χ0n) is 10.4. The number of anilines is 2. The van der Waals surface area contributed by atoms with Gasteiger partial charge in [0.25, 0.3) is 0 Å². The fourth-order valence-electron chi connectivity index (χ4n) is 1.57. The molecule has 0 saturated heterocycles. The van der Waals surface area contributed by atoms with Crippen LogP contribution in [0.25, 0.3) is 0 Å². The van der Waals surface area contributed by atoms with Crippen LogP contribution < -0.4 is 10.1 Å². The number of halogens is 3. The third-order valence-corrected chi connectivity index (χ3v) is 2.42. The minimum absolute atomic E-state index is 0.000718. The molecule has 5 nitrogen and oxygen atoms in total. The summed E-state index contributed by atoms with van der Waals surface area (Å²) in [4.78, 5) is 14.4. The van der Waals surface area contributed by atoms with Crippen LogP contribution in [0.15, 0.2) is 42.6 Å². The largest absolute Gasteiger partial charge is 0.511 e. The molecule has 1 aromatic heterocycles. The van der Waals surface area contributed by atoms with Gasteiger partial charge in [0.15, 0.2) is 11.6 Å². The van der Waals surface area contributed by atoms with Crippen LogP contribution in [0.4, 0.5) is 29.5 Å². The van der Waals surface area contributed by atoms with Gasteiger partial charge in [-0.2, -0.15) is 13.2 Å². The van der Waals surface area contributed by atoms with Crippen LogP contribution in [-0.2, 0) is 6.18 Å². The molecule has 0 aliphatic carbocycles. The number of hydrogen-bond acceptors (Lipinski definition) is 4. The number of carbonyl (C=O) groups is 1. The van der Waals surface area contributed by atoms with Gasteiger partial charge in [-0.25, -0.2) is 9.78 Å². The van der Waals surface area contributed by atoms with Gasteiger partial charge < -0.3 is 15.2 Å². The number of alkyl halides is 3. The second-order valence-electron chi connectivity index (χ2n) is 3.92. The predicted molar refractivity (Wildman–Crippen MR) is 67.6 cm³/mol. The fourth-order valence-corrected chi connectivity index (χ4v) is 1.57. The van der Waals surface area contributed by atoms with Crippen molar-refractivity contribution in [1.82, 2.24) is 4.98 Å². The molecule has 1 heterocycles. The third-order valence-electron chi connectivity index (χ3n) is 2.42. The Morgan fingerprint density at radius 1 is 1.24 bits per heavy atom. The Hall–Kier alpha value is -2.77. The minimum Gasteiger partial charge on any atom is -0.449 e. The zero-order valence-corrected chi connectivity index (χ0v) is 10.4. The number of aromatic nitrogens is 1. The van der Waals surface area contributed by atoms with Crippen molar-refractivity contribution >= 4 is 17.7 Å². The summed E-state index contributed by atoms with van der Waals surface area (Å²) in [6.07, 6.45) is -4.66. The summed E-state index contributed by atoms with van der Waals surface area (Å²) in [5.74, 6) is -0.110. The molecule has 110 valence electrons. The standard InChI is InChI=1S/C13H9F3N2O3/c14-13(15,16)8-3-1-4-9(7-8)18-11-10(21-12(19)20)5-2-6-17-11/h1-7H,(H,17,18)(H,19,20). The second kappa shape index (κ2) is 5.70. The van der Waals surface area contributed by atoms with Crippen LogP contribution in [0.2, 0.25) is 0 Å². The SMILES string of the molecule is O=C(O)Oc1cccnc1Nc1cccc(C(F)(F)F)c1. The first-order chi connectivity index (χ1) is 9.86. The summed E-state index contributed by atoms with van der Waals surface area (Å²) < 4.78 is 42.3. The molecule has 0 amide bonds. The first kappa shape index (κ1) is 14.6. The highest BCUT2D eigenvalue weighted by molar-refractivity contribution is 5.68. The van der Waals surface area contributed by atoms with E-state index >= 15 is 0 Å². The lowest BCUT2D eigenvalue weighted by atomic mass is 10.2. The molecule has 0 unspecified atom stereocenters. The average Bonchev–Trinajstić information content (AvgIpc) is 2.40. The first-order valence-corrected chi connectivity index (χ1v) is 5.66. The molecule has 2 aromatic rings. The number of pyridine rings is 1. The van der Waals surface area contributed by atoms with Crippen molar-refractivity contribution in [1.29, 1.82) is 0 Å². The Bertz CT molecular complexity index is 659. The van der Waals surface area contributed by atoms with Gasteiger partial charge in [0, 0.05) is 11.9 Å². The molecule has 0 saturated carbocycles. The Morgan fingerprint density at radius 2 is 2.00 bits per heavy atom. The number of benzene rings is 1. The van der Waals surface area contributed by atoms with Crippen LogP contribution in [0, 0.1) is 0 Å². The molecule has 21 heavy (non-hydrogen) atoms. The molecule has 8 heteroatoms. The van der Waals surface area contributed by atoms with Crippen molar-refractivity contribution in [2.75, 3.05) is 5.32 Å². The van der Waals surface area contributed by atoms with Gasteiger partial charge in [0.1, 0.15) is 0 Å². The van der Waals surface area contributed by atoms with E-state index in [0.29, 0.717) is 0 Å². The average molecular weight is 298 g/mol. The predicted octanol–water partition coefficient (Wildman–Crippen LogP) is 3.90. The highest BCUT2D eigenvalue weighted by atomic mass is 19.4. The highest BCUT2D eigenvalue weighted by Crippen LogP contribution is 2.32. The molecule has 2 N–H and O–H groups in total. The van der Waals surface area contributed by atoms with E-state index in [1.807, 2.05) is 0 Å². The maximum atomic E-state index is 12.6. The van der Waals surface area contributed by atoms with Gasteiger partial charge in [0.2, 0.25) is 0 Å². The molecule has 1 aromatic carbocycles. The highest BCUT2D eigenvalue weighted by Gasteiger charge is 2.30. The molecule has 0 aliphatic rings. The van der Waals surface area contributed by atoms with Gasteiger partial charge in [0.05, 0.1) is 5.56 Å². The number of rotatable bonds is 3. The van der Waals surface area contributed by atoms with Gasteiger partial charge in [-0.1, -0.05) is 6.07 Å². The van der Waals surface area contributed by atoms with E-state index in [1.165, 1.54) is 30.5 Å². The van der Waals surface area contributed by atoms with Crippen LogP contribution in [-0.4, -0.2) is 16.2 Å². The molecule has 2 rings (SSSR count). The van der Waals surface area contributed by atoms with E-state index in [2.05, 4.69) is 15.0 Å². The minimum atomic E-state index is -4.47. The van der Waals surface area contributed by atoms with Crippen molar-refractivity contribution in [3.05, 3.63) is 48.2 Å². The number of hydrogen-bond donors (Lipinski definition) is 2. The number of ether oxygens (including phenoxy) is 1. The lowest BCUT2D eigenvalue weighted by molar-refractivity contribution is -0.137. The maximum absolute atomic E-state index is 12.6. The van der Waals surface area contributed by atoms with Gasteiger partial charge in [-0.05, 0) is 30.3 Å². The second-order valence-corrected chi connectivity index (χ2v) is 3.92. The number of carboxylic acid groups (broad SMARTS) is 1. The molecular weight excluding hydrogens is 289 g/mol. The number of nitrogens with zero attached hydrogens (tertiary/aromatic N) is 1. The van der Waals surface area contributed by atoms with Crippen molar-refractivity contribution < 1.29 is 27.8 Å². The summed E-state index contributed by atoms with van der Waals surface area (Å²) in [6.45, 7) is 0. The van der Waals surface area contributed by atoms with Gasteiger partial charge in [-0.15, -0.1) is 0 Å². The van der Waals surface area contributed by atoms with E-state index in [1.54, 1.807) is 0 Å². The van der Waals surface area contributed by atoms with E-state index in [4.69, 9.17) is 5.11 Å². The molecule has 0 aliphatic heterocycles. The molecular formula is C13H9F3N2O3. The fraction of sp³-hybridized carbons (Fsp3) is 0.0769. The summed E-state index contributed by atoms with van der Waals surface area (Å²) in [7, 11) is 0. The van der Waals surface area contributed by atoms with Gasteiger partial charge in [-0.3, -0.25) is 0 Å². The third kappa shape index (κ3) is 3.85. The maximum Gasteiger partial charge on any atom is 0.511 e. The lowest BCUT2D eigenvalue weighted by Gasteiger charge is -2.11. The number of nitrogens with one attached hydrogen (secondary N) is 1. The van der Waals surface area contributed by atoms with Crippen molar-refractivity contribution in [2.24, 2.45) is 0 Å². The first-order valence-electron chi connectivity index (χ1n) is 5.66. The van der Waals surface area contributed by atoms with Crippen LogP contribution in [0.1, 0.15) is 5.56 Å². The molecule has 0 atom stereocenters. The Morgan fingerprint density at radius 3 is 2.67 bits per heavy atom. The summed E-state index contributed by atoms with van der Waals surface area (Å²) in [5.41, 5.74) is -0.720. The van der Waals surface area contributed by atoms with Gasteiger partial charge >= 0.3 is 12.3 Å². The van der Waals surface area contributed by atoms with E-state index in [9.17, 15) is 18.0 Å². The quantitative estimate of drug-likeness (QED) is 0.841. The normalized spacial score (nSPS) is 11.0. The lowest BCUT2D eigenvalue weighted by Crippen LogP contribution is -2.07. The molecule has 0 radical (unpaired) electrons. The smallest absolute Gasteiger partial charge is 0.449 e. The summed E-state index contributed by atoms with van der Waals surface area (Å²) in [5, 5.41) is 11.2. The zero-order chi connectivity index (χ0) is 15.5. The Labute approximate surface area is 117 Å². The molecule has 0 fully saturated rings. The van der Waals surface area contributed by atoms with E-state index in [-0.39, 0.29) is 17.3 Å². The van der Waals surface area contributed by atoms with Crippen molar-refractivity contribution in [3.8, 4) is 5.75 Å². The van der Waals surface area contributed by atoms with Crippen LogP contribution in [0.5, 0.6) is 5.75 Å². The van der Waals surface area contributed by atoms with Crippen LogP contribution >= 0.6 is 0 Å². The van der Waals surface area contributed by atoms with Crippen molar-refractivity contribution in [3.63, 3.8) is 0 Å². The Balaban J connectivity index is 2.28. The van der Waals surface area contributed by atoms with E-state index < -0.39 is 17.9 Å². The summed E-state index contributed by atoms with van der Waals surface area (Å²) in [6, 6.07) is 7.21. The molecule has 0 bridgehead atoms. The van der Waals surface area contributed by atoms with Crippen molar-refractivity contribution in [2.45, 2.75) is 6.18 Å². The Kier molecular flexibility index (Phi) is 3.97.